The zero-order valence-corrected chi connectivity index (χ0v) is 20.5. The summed E-state index contributed by atoms with van der Waals surface area (Å²) >= 11 is 0. The van der Waals surface area contributed by atoms with E-state index >= 15 is 0 Å². The molecule has 0 aliphatic carbocycles. The SMILES string of the molecule is COCCOCOc1ccc(C(=O)NCC(C(=O)OC)N2CCN(Cc3ccccc3)CC2)cc1. The maximum Gasteiger partial charge on any atom is 0.324 e. The number of ether oxygens (including phenoxy) is 4. The van der Waals surface area contributed by atoms with Gasteiger partial charge in [0.25, 0.3) is 5.91 Å². The molecule has 0 radical (unpaired) electrons. The van der Waals surface area contributed by atoms with Gasteiger partial charge in [0, 0.05) is 51.9 Å². The highest BCUT2D eigenvalue weighted by Crippen LogP contribution is 2.14. The van der Waals surface area contributed by atoms with Crippen LogP contribution in [0.15, 0.2) is 54.6 Å². The lowest BCUT2D eigenvalue weighted by atomic mass is 10.1. The molecule has 9 heteroatoms. The zero-order chi connectivity index (χ0) is 24.9. The summed E-state index contributed by atoms with van der Waals surface area (Å²) in [7, 11) is 2.98. The van der Waals surface area contributed by atoms with Gasteiger partial charge in [-0.15, -0.1) is 0 Å². The highest BCUT2D eigenvalue weighted by Gasteiger charge is 2.30. The van der Waals surface area contributed by atoms with Gasteiger partial charge in [-0.3, -0.25) is 19.4 Å². The molecule has 1 unspecified atom stereocenters. The highest BCUT2D eigenvalue weighted by atomic mass is 16.7. The van der Waals surface area contributed by atoms with Crippen LogP contribution in [0.3, 0.4) is 0 Å². The summed E-state index contributed by atoms with van der Waals surface area (Å²) in [6, 6.07) is 16.6. The number of carbonyl (C=O) groups is 2. The van der Waals surface area contributed by atoms with Crippen LogP contribution < -0.4 is 10.1 Å². The van der Waals surface area contributed by atoms with Gasteiger partial charge in [0.05, 0.1) is 20.3 Å². The summed E-state index contributed by atoms with van der Waals surface area (Å²) in [4.78, 5) is 29.6. The standard InChI is InChI=1S/C26H35N3O6/c1-32-16-17-34-20-35-23-10-8-22(9-11-23)25(30)27-18-24(26(31)33-2)29-14-12-28(13-15-29)19-21-6-4-3-5-7-21/h3-11,24H,12-20H2,1-2H3,(H,27,30). The van der Waals surface area contributed by atoms with E-state index in [1.807, 2.05) is 18.2 Å². The Bertz CT molecular complexity index is 901. The summed E-state index contributed by atoms with van der Waals surface area (Å²) in [5.41, 5.74) is 1.75. The summed E-state index contributed by atoms with van der Waals surface area (Å²) < 4.78 is 20.7. The Morgan fingerprint density at radius 1 is 0.943 bits per heavy atom. The third-order valence-corrected chi connectivity index (χ3v) is 5.88. The molecule has 2 aromatic rings. The van der Waals surface area contributed by atoms with Gasteiger partial charge in [0.15, 0.2) is 6.79 Å². The van der Waals surface area contributed by atoms with Gasteiger partial charge in [0.2, 0.25) is 0 Å². The van der Waals surface area contributed by atoms with Crippen molar-refractivity contribution in [3.8, 4) is 5.75 Å². The molecule has 2 aromatic carbocycles. The summed E-state index contributed by atoms with van der Waals surface area (Å²) in [6.45, 7) is 5.23. The number of piperazine rings is 1. The molecular formula is C26H35N3O6. The largest absolute Gasteiger partial charge is 0.468 e. The topological polar surface area (TPSA) is 89.6 Å². The number of nitrogens with zero attached hydrogens (tertiary/aromatic N) is 2. The van der Waals surface area contributed by atoms with E-state index < -0.39 is 6.04 Å². The lowest BCUT2D eigenvalue weighted by Gasteiger charge is -2.38. The Kier molecular flexibility index (Phi) is 11.0. The second-order valence-electron chi connectivity index (χ2n) is 8.23. The third-order valence-electron chi connectivity index (χ3n) is 5.88. The van der Waals surface area contributed by atoms with Crippen molar-refractivity contribution in [1.82, 2.24) is 15.1 Å². The fraction of sp³-hybridized carbons (Fsp3) is 0.462. The molecule has 0 saturated carbocycles. The molecule has 3 rings (SSSR count). The van der Waals surface area contributed by atoms with Crippen LogP contribution in [0.2, 0.25) is 0 Å². The number of hydrogen-bond acceptors (Lipinski definition) is 8. The van der Waals surface area contributed by atoms with Crippen LogP contribution >= 0.6 is 0 Å². The Morgan fingerprint density at radius 2 is 1.66 bits per heavy atom. The number of methoxy groups -OCH3 is 2. The average Bonchev–Trinajstić information content (AvgIpc) is 2.90. The van der Waals surface area contributed by atoms with Crippen molar-refractivity contribution < 1.29 is 28.5 Å². The highest BCUT2D eigenvalue weighted by molar-refractivity contribution is 5.94. The molecule has 1 atom stereocenters. The van der Waals surface area contributed by atoms with Crippen LogP contribution in [-0.4, -0.2) is 94.7 Å². The molecule has 1 heterocycles. The fourth-order valence-electron chi connectivity index (χ4n) is 3.88. The van der Waals surface area contributed by atoms with Crippen LogP contribution in [-0.2, 0) is 25.5 Å². The molecule has 0 spiro atoms. The molecule has 1 N–H and O–H groups in total. The molecule has 190 valence electrons. The molecule has 1 amide bonds. The molecule has 0 bridgehead atoms. The molecule has 1 saturated heterocycles. The molecule has 1 fully saturated rings. The average molecular weight is 486 g/mol. The summed E-state index contributed by atoms with van der Waals surface area (Å²) in [6.07, 6.45) is 0. The monoisotopic (exact) mass is 485 g/mol. The lowest BCUT2D eigenvalue weighted by molar-refractivity contribution is -0.147. The minimum atomic E-state index is -0.533. The normalized spacial score (nSPS) is 15.4. The van der Waals surface area contributed by atoms with Gasteiger partial charge in [0.1, 0.15) is 11.8 Å². The quantitative estimate of drug-likeness (QED) is 0.261. The molecule has 0 aromatic heterocycles. The first-order valence-corrected chi connectivity index (χ1v) is 11.8. The van der Waals surface area contributed by atoms with Crippen molar-refractivity contribution in [2.24, 2.45) is 0 Å². The van der Waals surface area contributed by atoms with Crippen LogP contribution in [0.4, 0.5) is 0 Å². The van der Waals surface area contributed by atoms with E-state index in [0.29, 0.717) is 24.5 Å². The maximum absolute atomic E-state index is 12.7. The second-order valence-corrected chi connectivity index (χ2v) is 8.23. The van der Waals surface area contributed by atoms with E-state index in [-0.39, 0.29) is 25.2 Å². The van der Waals surface area contributed by atoms with Crippen molar-refractivity contribution in [3.05, 3.63) is 65.7 Å². The smallest absolute Gasteiger partial charge is 0.324 e. The Morgan fingerprint density at radius 3 is 2.31 bits per heavy atom. The minimum Gasteiger partial charge on any atom is -0.468 e. The molecule has 1 aliphatic heterocycles. The fourth-order valence-corrected chi connectivity index (χ4v) is 3.88. The molecule has 35 heavy (non-hydrogen) atoms. The van der Waals surface area contributed by atoms with Gasteiger partial charge in [-0.25, -0.2) is 0 Å². The van der Waals surface area contributed by atoms with Crippen molar-refractivity contribution in [2.75, 3.05) is 67.0 Å². The van der Waals surface area contributed by atoms with E-state index in [0.717, 1.165) is 32.7 Å². The van der Waals surface area contributed by atoms with Gasteiger partial charge in [-0.05, 0) is 29.8 Å². The third kappa shape index (κ3) is 8.63. The Hall–Kier alpha value is -2.98. The predicted molar refractivity (Wildman–Crippen MR) is 131 cm³/mol. The van der Waals surface area contributed by atoms with E-state index in [2.05, 4.69) is 27.2 Å². The van der Waals surface area contributed by atoms with Gasteiger partial charge in [-0.2, -0.15) is 0 Å². The summed E-state index contributed by atoms with van der Waals surface area (Å²) in [5, 5.41) is 2.87. The van der Waals surface area contributed by atoms with E-state index in [9.17, 15) is 9.59 Å². The van der Waals surface area contributed by atoms with E-state index in [4.69, 9.17) is 18.9 Å². The Labute approximate surface area is 206 Å². The second kappa shape index (κ2) is 14.4. The molecular weight excluding hydrogens is 450 g/mol. The van der Waals surface area contributed by atoms with Gasteiger partial charge in [-0.1, -0.05) is 30.3 Å². The van der Waals surface area contributed by atoms with E-state index in [1.54, 1.807) is 31.4 Å². The van der Waals surface area contributed by atoms with Crippen LogP contribution in [0.1, 0.15) is 15.9 Å². The summed E-state index contributed by atoms with van der Waals surface area (Å²) in [5.74, 6) is -0.0108. The first-order valence-electron chi connectivity index (χ1n) is 11.8. The van der Waals surface area contributed by atoms with E-state index in [1.165, 1.54) is 12.7 Å². The first kappa shape index (κ1) is 26.6. The molecule has 1 aliphatic rings. The number of nitrogens with one attached hydrogen (secondary N) is 1. The van der Waals surface area contributed by atoms with Crippen molar-refractivity contribution in [1.29, 1.82) is 0 Å². The number of benzene rings is 2. The van der Waals surface area contributed by atoms with Crippen LogP contribution in [0, 0.1) is 0 Å². The van der Waals surface area contributed by atoms with Gasteiger partial charge < -0.3 is 24.3 Å². The number of rotatable bonds is 13. The minimum absolute atomic E-state index is 0.105. The predicted octanol–water partition coefficient (Wildman–Crippen LogP) is 1.78. The number of amides is 1. The zero-order valence-electron chi connectivity index (χ0n) is 20.5. The number of carbonyl (C=O) groups excluding carboxylic acids is 2. The lowest BCUT2D eigenvalue weighted by Crippen LogP contribution is -2.56. The first-order chi connectivity index (χ1) is 17.1. The van der Waals surface area contributed by atoms with Gasteiger partial charge >= 0.3 is 5.97 Å². The van der Waals surface area contributed by atoms with Crippen LogP contribution in [0.25, 0.3) is 0 Å². The number of esters is 1. The van der Waals surface area contributed by atoms with Crippen LogP contribution in [0.5, 0.6) is 5.75 Å². The van der Waals surface area contributed by atoms with Crippen molar-refractivity contribution >= 4 is 11.9 Å². The Balaban J connectivity index is 1.46. The maximum atomic E-state index is 12.7. The van der Waals surface area contributed by atoms with Crippen molar-refractivity contribution in [2.45, 2.75) is 12.6 Å². The number of hydrogen-bond donors (Lipinski definition) is 1. The molecule has 9 nitrogen and oxygen atoms in total. The van der Waals surface area contributed by atoms with Crippen molar-refractivity contribution in [3.63, 3.8) is 0 Å².